The first-order valence-electron chi connectivity index (χ1n) is 9.99. The second-order valence-electron chi connectivity index (χ2n) is 7.02. The van der Waals surface area contributed by atoms with Gasteiger partial charge in [0.25, 0.3) is 5.91 Å². The van der Waals surface area contributed by atoms with E-state index in [2.05, 4.69) is 21.5 Å². The van der Waals surface area contributed by atoms with Gasteiger partial charge in [-0.05, 0) is 62.1 Å². The minimum Gasteiger partial charge on any atom is -0.493 e. The van der Waals surface area contributed by atoms with E-state index in [4.69, 9.17) is 4.74 Å². The first-order valence-corrected chi connectivity index (χ1v) is 9.99. The summed E-state index contributed by atoms with van der Waals surface area (Å²) in [6, 6.07) is 8.58. The van der Waals surface area contributed by atoms with Crippen molar-refractivity contribution in [3.63, 3.8) is 0 Å². The van der Waals surface area contributed by atoms with Gasteiger partial charge in [0.05, 0.1) is 7.11 Å². The molecule has 166 valence electrons. The predicted molar refractivity (Wildman–Crippen MR) is 114 cm³/mol. The molecular formula is C23H27F2N3O3. The number of aryl methyl sites for hydroxylation is 1. The van der Waals surface area contributed by atoms with Gasteiger partial charge in [-0.25, -0.2) is 0 Å². The smallest absolute Gasteiger partial charge is 0.387 e. The summed E-state index contributed by atoms with van der Waals surface area (Å²) in [5.74, 6) is -0.356. The zero-order chi connectivity index (χ0) is 23.0. The Labute approximate surface area is 181 Å². The van der Waals surface area contributed by atoms with Crippen molar-refractivity contribution < 1.29 is 23.0 Å². The number of carbonyl (C=O) groups is 1. The summed E-state index contributed by atoms with van der Waals surface area (Å²) >= 11 is 0. The fourth-order valence-electron chi connectivity index (χ4n) is 3.33. The number of hydrogen-bond acceptors (Lipinski definition) is 4. The molecular weight excluding hydrogens is 404 g/mol. The molecule has 0 aliphatic carbocycles. The number of benzene rings is 1. The molecule has 1 amide bonds. The third-order valence-electron chi connectivity index (χ3n) is 4.87. The van der Waals surface area contributed by atoms with Crippen molar-refractivity contribution in [2.45, 2.75) is 46.8 Å². The molecule has 0 bridgehead atoms. The molecule has 1 N–H and O–H groups in total. The maximum Gasteiger partial charge on any atom is 0.387 e. The third-order valence-corrected chi connectivity index (χ3v) is 4.87. The van der Waals surface area contributed by atoms with Crippen LogP contribution < -0.4 is 14.8 Å². The van der Waals surface area contributed by atoms with E-state index in [1.54, 1.807) is 12.1 Å². The summed E-state index contributed by atoms with van der Waals surface area (Å²) in [6.07, 6.45) is 2.95. The summed E-state index contributed by atoms with van der Waals surface area (Å²) in [7, 11) is 1.36. The lowest BCUT2D eigenvalue weighted by Crippen LogP contribution is -2.26. The zero-order valence-corrected chi connectivity index (χ0v) is 18.2. The Hall–Kier alpha value is -3.34. The van der Waals surface area contributed by atoms with Crippen LogP contribution in [0.15, 0.2) is 29.8 Å². The average Bonchev–Trinajstić information content (AvgIpc) is 2.99. The molecule has 2 rings (SSSR count). The Balaban J connectivity index is 2.06. The minimum atomic E-state index is -2.97. The fraction of sp³-hybridized carbons (Fsp3) is 0.391. The standard InChI is InChI=1S/C23H27F2N3O3/c1-5-10-28-15(2)11-18(16(28)3)13-19(14-26)22(29)27-9-8-17-6-7-20(30-4)21(12-17)31-23(24)25/h6-7,11-13,23H,5,8-10H2,1-4H3,(H,27,29)/b19-13-. The number of nitriles is 1. The van der Waals surface area contributed by atoms with Gasteiger partial charge in [-0.15, -0.1) is 0 Å². The van der Waals surface area contributed by atoms with E-state index in [0.717, 1.165) is 29.9 Å². The van der Waals surface area contributed by atoms with Crippen LogP contribution in [0, 0.1) is 25.2 Å². The van der Waals surface area contributed by atoms with Crippen molar-refractivity contribution in [1.82, 2.24) is 9.88 Å². The normalized spacial score (nSPS) is 11.4. The van der Waals surface area contributed by atoms with Gasteiger partial charge in [0.1, 0.15) is 11.6 Å². The third kappa shape index (κ3) is 6.32. The number of alkyl halides is 2. The van der Waals surface area contributed by atoms with E-state index in [1.165, 1.54) is 19.2 Å². The highest BCUT2D eigenvalue weighted by Gasteiger charge is 2.14. The quantitative estimate of drug-likeness (QED) is 0.447. The predicted octanol–water partition coefficient (Wildman–Crippen LogP) is 4.39. The molecule has 1 aromatic heterocycles. The molecule has 0 aliphatic rings. The van der Waals surface area contributed by atoms with Crippen LogP contribution in [0.2, 0.25) is 0 Å². The van der Waals surface area contributed by atoms with Gasteiger partial charge >= 0.3 is 6.61 Å². The summed E-state index contributed by atoms with van der Waals surface area (Å²) < 4.78 is 36.7. The molecule has 0 saturated heterocycles. The van der Waals surface area contributed by atoms with Gasteiger partial charge in [0.2, 0.25) is 0 Å². The number of aromatic nitrogens is 1. The summed E-state index contributed by atoms with van der Waals surface area (Å²) in [5, 5.41) is 12.1. The van der Waals surface area contributed by atoms with Crippen LogP contribution in [-0.4, -0.2) is 30.7 Å². The Morgan fingerprint density at radius 1 is 1.29 bits per heavy atom. The number of hydrogen-bond donors (Lipinski definition) is 1. The Morgan fingerprint density at radius 3 is 2.65 bits per heavy atom. The lowest BCUT2D eigenvalue weighted by atomic mass is 10.1. The molecule has 31 heavy (non-hydrogen) atoms. The van der Waals surface area contributed by atoms with E-state index in [1.807, 2.05) is 26.0 Å². The van der Waals surface area contributed by atoms with Crippen LogP contribution in [0.25, 0.3) is 6.08 Å². The molecule has 0 unspecified atom stereocenters. The molecule has 0 radical (unpaired) electrons. The zero-order valence-electron chi connectivity index (χ0n) is 18.2. The van der Waals surface area contributed by atoms with Gasteiger partial charge in [-0.1, -0.05) is 13.0 Å². The number of methoxy groups -OCH3 is 1. The van der Waals surface area contributed by atoms with Crippen LogP contribution in [0.3, 0.4) is 0 Å². The van der Waals surface area contributed by atoms with Gasteiger partial charge in [0.15, 0.2) is 11.5 Å². The Bertz CT molecular complexity index is 991. The maximum absolute atomic E-state index is 12.6. The van der Waals surface area contributed by atoms with Crippen LogP contribution in [0.1, 0.15) is 35.9 Å². The molecule has 0 aliphatic heterocycles. The lowest BCUT2D eigenvalue weighted by molar-refractivity contribution is -0.117. The van der Waals surface area contributed by atoms with Crippen LogP contribution >= 0.6 is 0 Å². The summed E-state index contributed by atoms with van der Waals surface area (Å²) in [6.45, 7) is 4.18. The number of nitrogens with one attached hydrogen (secondary N) is 1. The maximum atomic E-state index is 12.6. The van der Waals surface area contributed by atoms with E-state index < -0.39 is 12.5 Å². The highest BCUT2D eigenvalue weighted by Crippen LogP contribution is 2.29. The molecule has 0 spiro atoms. The van der Waals surface area contributed by atoms with Crippen molar-refractivity contribution in [2.24, 2.45) is 0 Å². The topological polar surface area (TPSA) is 76.3 Å². The largest absolute Gasteiger partial charge is 0.493 e. The van der Waals surface area contributed by atoms with Crippen molar-refractivity contribution in [3.8, 4) is 17.6 Å². The first kappa shape index (κ1) is 23.9. The molecule has 2 aromatic rings. The second kappa shape index (κ2) is 11.2. The van der Waals surface area contributed by atoms with Crippen molar-refractivity contribution in [2.75, 3.05) is 13.7 Å². The first-order chi connectivity index (χ1) is 14.8. The Morgan fingerprint density at radius 2 is 2.03 bits per heavy atom. The molecule has 0 fully saturated rings. The highest BCUT2D eigenvalue weighted by molar-refractivity contribution is 6.01. The average molecular weight is 431 g/mol. The number of rotatable bonds is 10. The van der Waals surface area contributed by atoms with Crippen LogP contribution in [0.5, 0.6) is 11.5 Å². The number of amides is 1. The number of halogens is 2. The van der Waals surface area contributed by atoms with Crippen molar-refractivity contribution >= 4 is 12.0 Å². The Kier molecular flexibility index (Phi) is 8.62. The van der Waals surface area contributed by atoms with Gasteiger partial charge in [-0.2, -0.15) is 14.0 Å². The highest BCUT2D eigenvalue weighted by atomic mass is 19.3. The molecule has 1 aromatic carbocycles. The molecule has 1 heterocycles. The molecule has 0 saturated carbocycles. The molecule has 8 heteroatoms. The lowest BCUT2D eigenvalue weighted by Gasteiger charge is -2.12. The van der Waals surface area contributed by atoms with Crippen molar-refractivity contribution in [1.29, 1.82) is 5.26 Å². The van der Waals surface area contributed by atoms with Crippen LogP contribution in [-0.2, 0) is 17.8 Å². The summed E-state index contributed by atoms with van der Waals surface area (Å²) in [5.41, 5.74) is 3.60. The van der Waals surface area contributed by atoms with E-state index >= 15 is 0 Å². The van der Waals surface area contributed by atoms with E-state index in [0.29, 0.717) is 12.0 Å². The number of carbonyl (C=O) groups excluding carboxylic acids is 1. The van der Waals surface area contributed by atoms with Crippen molar-refractivity contribution in [3.05, 3.63) is 52.4 Å². The fourth-order valence-corrected chi connectivity index (χ4v) is 3.33. The van der Waals surface area contributed by atoms with E-state index in [9.17, 15) is 18.8 Å². The van der Waals surface area contributed by atoms with Gasteiger partial charge in [-0.3, -0.25) is 4.79 Å². The minimum absolute atomic E-state index is 0.00759. The second-order valence-corrected chi connectivity index (χ2v) is 7.02. The van der Waals surface area contributed by atoms with Crippen LogP contribution in [0.4, 0.5) is 8.78 Å². The number of nitrogens with zero attached hydrogens (tertiary/aromatic N) is 2. The molecule has 6 nitrogen and oxygen atoms in total. The summed E-state index contributed by atoms with van der Waals surface area (Å²) in [4.78, 5) is 12.5. The monoisotopic (exact) mass is 431 g/mol. The number of ether oxygens (including phenoxy) is 2. The van der Waals surface area contributed by atoms with Gasteiger partial charge < -0.3 is 19.4 Å². The SMILES string of the molecule is CCCn1c(C)cc(/C=C(/C#N)C(=O)NCCc2ccc(OC)c(OC(F)F)c2)c1C. The molecule has 0 atom stereocenters. The van der Waals surface area contributed by atoms with E-state index in [-0.39, 0.29) is 23.6 Å². The van der Waals surface area contributed by atoms with Gasteiger partial charge in [0, 0.05) is 24.5 Å².